The number of carbonyl (C=O) groups is 2. The number of fused-ring (bicyclic) bond motifs is 1. The van der Waals surface area contributed by atoms with Crippen molar-refractivity contribution in [1.82, 2.24) is 30.0 Å². The highest BCUT2D eigenvalue weighted by molar-refractivity contribution is 5.90. The average molecular weight is 458 g/mol. The first kappa shape index (κ1) is 21.7. The maximum absolute atomic E-state index is 14.2. The van der Waals surface area contributed by atoms with Crippen molar-refractivity contribution < 1.29 is 14.0 Å². The molecule has 4 heterocycles. The van der Waals surface area contributed by atoms with E-state index in [9.17, 15) is 14.0 Å². The molecule has 0 radical (unpaired) electrons. The maximum atomic E-state index is 14.2. The van der Waals surface area contributed by atoms with Crippen LogP contribution in [-0.4, -0.2) is 55.2 Å². The summed E-state index contributed by atoms with van der Waals surface area (Å²) in [5.74, 6) is -0.662. The van der Waals surface area contributed by atoms with E-state index in [-0.39, 0.29) is 37.9 Å². The number of rotatable bonds is 6. The molecule has 1 aliphatic rings. The highest BCUT2D eigenvalue weighted by Crippen LogP contribution is 2.26. The number of aromatic nitrogens is 4. The van der Waals surface area contributed by atoms with Gasteiger partial charge in [0.15, 0.2) is 0 Å². The molecule has 3 aromatic heterocycles. The minimum absolute atomic E-state index is 0.00442. The Morgan fingerprint density at radius 2 is 1.97 bits per heavy atom. The van der Waals surface area contributed by atoms with E-state index in [0.29, 0.717) is 5.69 Å². The summed E-state index contributed by atoms with van der Waals surface area (Å²) < 4.78 is 16.1. The molecule has 0 saturated carbocycles. The summed E-state index contributed by atoms with van der Waals surface area (Å²) in [6, 6.07) is 14.3. The molecule has 1 fully saturated rings. The second-order valence-corrected chi connectivity index (χ2v) is 8.28. The Bertz CT molecular complexity index is 1310. The van der Waals surface area contributed by atoms with Crippen LogP contribution in [0.3, 0.4) is 0 Å². The van der Waals surface area contributed by atoms with Crippen LogP contribution in [0.15, 0.2) is 73.3 Å². The van der Waals surface area contributed by atoms with Crippen molar-refractivity contribution in [2.24, 2.45) is 0 Å². The molecule has 1 N–H and O–H groups in total. The van der Waals surface area contributed by atoms with E-state index in [0.717, 1.165) is 22.0 Å². The second kappa shape index (κ2) is 9.38. The highest BCUT2D eigenvalue weighted by Gasteiger charge is 2.39. The van der Waals surface area contributed by atoms with Crippen molar-refractivity contribution in [1.29, 1.82) is 0 Å². The minimum Gasteiger partial charge on any atom is -0.349 e. The van der Waals surface area contributed by atoms with Crippen molar-refractivity contribution in [2.75, 3.05) is 6.54 Å². The van der Waals surface area contributed by atoms with Crippen LogP contribution in [0.5, 0.6) is 0 Å². The fraction of sp³-hybridized carbons (Fsp3) is 0.240. The number of hydrogen-bond acceptors (Lipinski definition) is 5. The highest BCUT2D eigenvalue weighted by atomic mass is 19.1. The Hall–Kier alpha value is -4.14. The molecule has 0 aliphatic carbocycles. The molecule has 2 amide bonds. The zero-order valence-electron chi connectivity index (χ0n) is 18.3. The van der Waals surface area contributed by atoms with Crippen molar-refractivity contribution >= 4 is 22.7 Å². The van der Waals surface area contributed by atoms with Gasteiger partial charge in [-0.3, -0.25) is 14.6 Å². The molecule has 1 aromatic carbocycles. The summed E-state index contributed by atoms with van der Waals surface area (Å²) in [5, 5.41) is 11.5. The predicted molar refractivity (Wildman–Crippen MR) is 124 cm³/mol. The van der Waals surface area contributed by atoms with Gasteiger partial charge in [0, 0.05) is 35.3 Å². The molecule has 172 valence electrons. The Balaban J connectivity index is 1.29. The number of nitrogens with zero attached hydrogens (tertiary/aromatic N) is 5. The first-order valence-corrected chi connectivity index (χ1v) is 11.1. The van der Waals surface area contributed by atoms with Gasteiger partial charge in [0.05, 0.1) is 31.2 Å². The summed E-state index contributed by atoms with van der Waals surface area (Å²) in [4.78, 5) is 31.4. The summed E-state index contributed by atoms with van der Waals surface area (Å²) >= 11 is 0. The predicted octanol–water partition coefficient (Wildman–Crippen LogP) is 2.75. The van der Waals surface area contributed by atoms with E-state index >= 15 is 0 Å². The molecule has 0 spiro atoms. The number of likely N-dealkylation sites (tertiary alicyclic amines) is 1. The molecule has 2 atom stereocenters. The topological polar surface area (TPSA) is 93.0 Å². The maximum Gasteiger partial charge on any atom is 0.243 e. The van der Waals surface area contributed by atoms with Gasteiger partial charge in [0.25, 0.3) is 0 Å². The quantitative estimate of drug-likeness (QED) is 0.480. The zero-order valence-corrected chi connectivity index (χ0v) is 18.3. The zero-order chi connectivity index (χ0) is 23.5. The number of halogens is 1. The van der Waals surface area contributed by atoms with Gasteiger partial charge in [-0.2, -0.15) is 10.2 Å². The van der Waals surface area contributed by atoms with Crippen LogP contribution in [0, 0.1) is 0 Å². The molecular weight excluding hydrogens is 435 g/mol. The van der Waals surface area contributed by atoms with Gasteiger partial charge in [-0.25, -0.2) is 4.39 Å². The number of hydrogen-bond donors (Lipinski definition) is 1. The Morgan fingerprint density at radius 3 is 2.76 bits per heavy atom. The van der Waals surface area contributed by atoms with Gasteiger partial charge in [0.1, 0.15) is 18.8 Å². The fourth-order valence-electron chi connectivity index (χ4n) is 4.32. The number of pyridine rings is 1. The third-order valence-corrected chi connectivity index (χ3v) is 6.04. The SMILES string of the molecule is O=C(NCc1ccccn1)C1CC(F)CN1C(=O)Cn1ccc2cc(-c3ccnnc3)ccc21. The lowest BCUT2D eigenvalue weighted by Crippen LogP contribution is -2.46. The smallest absolute Gasteiger partial charge is 0.243 e. The van der Waals surface area contributed by atoms with Crippen LogP contribution in [0.4, 0.5) is 4.39 Å². The van der Waals surface area contributed by atoms with Crippen LogP contribution in [0.1, 0.15) is 12.1 Å². The van der Waals surface area contributed by atoms with Gasteiger partial charge < -0.3 is 14.8 Å². The number of benzene rings is 1. The number of nitrogens with one attached hydrogen (secondary N) is 1. The average Bonchev–Trinajstić information content (AvgIpc) is 3.46. The lowest BCUT2D eigenvalue weighted by atomic mass is 10.1. The summed E-state index contributed by atoms with van der Waals surface area (Å²) in [5.41, 5.74) is 3.53. The van der Waals surface area contributed by atoms with Crippen molar-refractivity contribution in [3.63, 3.8) is 0 Å². The van der Waals surface area contributed by atoms with Crippen LogP contribution >= 0.6 is 0 Å². The molecule has 0 bridgehead atoms. The van der Waals surface area contributed by atoms with Gasteiger partial charge in [-0.05, 0) is 42.0 Å². The molecule has 1 saturated heterocycles. The lowest BCUT2D eigenvalue weighted by Gasteiger charge is -2.24. The van der Waals surface area contributed by atoms with Crippen LogP contribution in [-0.2, 0) is 22.7 Å². The molecule has 34 heavy (non-hydrogen) atoms. The van der Waals surface area contributed by atoms with Crippen LogP contribution < -0.4 is 5.32 Å². The van der Waals surface area contributed by atoms with E-state index in [2.05, 4.69) is 20.5 Å². The molecular formula is C25H23FN6O2. The van der Waals surface area contributed by atoms with Crippen molar-refractivity contribution in [3.8, 4) is 11.1 Å². The number of amides is 2. The molecule has 5 rings (SSSR count). The third-order valence-electron chi connectivity index (χ3n) is 6.04. The monoisotopic (exact) mass is 458 g/mol. The minimum atomic E-state index is -1.23. The normalized spacial score (nSPS) is 17.7. The second-order valence-electron chi connectivity index (χ2n) is 8.28. The largest absolute Gasteiger partial charge is 0.349 e. The van der Waals surface area contributed by atoms with Gasteiger partial charge >= 0.3 is 0 Å². The number of carbonyl (C=O) groups excluding carboxylic acids is 2. The lowest BCUT2D eigenvalue weighted by molar-refractivity contribution is -0.139. The first-order valence-electron chi connectivity index (χ1n) is 11.1. The van der Waals surface area contributed by atoms with E-state index in [1.165, 1.54) is 4.90 Å². The Kier molecular flexibility index (Phi) is 5.99. The molecule has 4 aromatic rings. The first-order chi connectivity index (χ1) is 16.6. The fourth-order valence-corrected chi connectivity index (χ4v) is 4.32. The standard InChI is InChI=1S/C25H23FN6O2/c26-20-12-23(25(34)28-14-21-3-1-2-8-27-21)32(15-20)24(33)16-31-10-7-18-11-17(4-5-22(18)31)19-6-9-29-30-13-19/h1-11,13,20,23H,12,14-16H2,(H,28,34). The third kappa shape index (κ3) is 4.50. The Morgan fingerprint density at radius 1 is 1.06 bits per heavy atom. The molecule has 2 unspecified atom stereocenters. The van der Waals surface area contributed by atoms with Gasteiger partial charge in [-0.15, -0.1) is 0 Å². The molecule has 9 heteroatoms. The Labute approximate surface area is 195 Å². The van der Waals surface area contributed by atoms with Gasteiger partial charge in [0.2, 0.25) is 11.8 Å². The summed E-state index contributed by atoms with van der Waals surface area (Å²) in [7, 11) is 0. The van der Waals surface area contributed by atoms with E-state index in [1.807, 2.05) is 47.2 Å². The van der Waals surface area contributed by atoms with E-state index in [1.54, 1.807) is 30.7 Å². The van der Waals surface area contributed by atoms with Crippen LogP contribution in [0.2, 0.25) is 0 Å². The van der Waals surface area contributed by atoms with Crippen LogP contribution in [0.25, 0.3) is 22.0 Å². The van der Waals surface area contributed by atoms with Crippen molar-refractivity contribution in [3.05, 3.63) is 79.0 Å². The molecule has 1 aliphatic heterocycles. The summed E-state index contributed by atoms with van der Waals surface area (Å²) in [6.07, 6.45) is 5.57. The van der Waals surface area contributed by atoms with Gasteiger partial charge in [-0.1, -0.05) is 12.1 Å². The molecule has 8 nitrogen and oxygen atoms in total. The van der Waals surface area contributed by atoms with E-state index in [4.69, 9.17) is 0 Å². The van der Waals surface area contributed by atoms with E-state index < -0.39 is 12.2 Å². The van der Waals surface area contributed by atoms with Crippen molar-refractivity contribution in [2.45, 2.75) is 31.7 Å². The summed E-state index contributed by atoms with van der Waals surface area (Å²) in [6.45, 7) is 0.169. The number of alkyl halides is 1.